The molecule has 0 aliphatic heterocycles. The van der Waals surface area contributed by atoms with Gasteiger partial charge in [0.2, 0.25) is 6.33 Å². The van der Waals surface area contributed by atoms with Crippen LogP contribution in [0.4, 0.5) is 17.6 Å². The number of nitrogens with zero attached hydrogens (tertiary/aromatic N) is 1. The fourth-order valence-electron chi connectivity index (χ4n) is 1.11. The number of aromatic amines is 1. The van der Waals surface area contributed by atoms with E-state index in [9.17, 15) is 30.5 Å². The molecule has 0 radical (unpaired) electrons. The summed E-state index contributed by atoms with van der Waals surface area (Å²) in [6, 6.07) is 0. The van der Waals surface area contributed by atoms with Gasteiger partial charge in [0.1, 0.15) is 12.4 Å². The third kappa shape index (κ3) is 6.33. The van der Waals surface area contributed by atoms with Gasteiger partial charge in [0.15, 0.2) is 10.1 Å². The van der Waals surface area contributed by atoms with Crippen molar-refractivity contribution in [3.8, 4) is 0 Å². The van der Waals surface area contributed by atoms with Crippen molar-refractivity contribution in [1.29, 1.82) is 0 Å². The Balaban J connectivity index is 0.000000361. The summed E-state index contributed by atoms with van der Waals surface area (Å²) in [6.45, 7) is 3.37. The third-order valence-corrected chi connectivity index (χ3v) is 3.05. The molecular formula is C10H16F4N2O3S. The number of aryl methyl sites for hydroxylation is 1. The monoisotopic (exact) mass is 320 g/mol. The number of hydrogen-bond acceptors (Lipinski definition) is 3. The van der Waals surface area contributed by atoms with E-state index in [4.69, 9.17) is 0 Å². The molecule has 0 saturated carbocycles. The van der Waals surface area contributed by atoms with Crippen molar-refractivity contribution in [3.63, 3.8) is 0 Å². The first-order chi connectivity index (χ1) is 9.13. The second-order valence-corrected chi connectivity index (χ2v) is 5.33. The average molecular weight is 320 g/mol. The Morgan fingerprint density at radius 2 is 1.95 bits per heavy atom. The molecule has 0 amide bonds. The van der Waals surface area contributed by atoms with Crippen LogP contribution in [0.25, 0.3) is 0 Å². The van der Waals surface area contributed by atoms with Crippen molar-refractivity contribution in [1.82, 2.24) is 4.98 Å². The van der Waals surface area contributed by atoms with Gasteiger partial charge in [-0.1, -0.05) is 13.3 Å². The number of halogens is 4. The number of nitrogens with one attached hydrogen (secondary N) is 1. The van der Waals surface area contributed by atoms with E-state index in [1.54, 1.807) is 0 Å². The van der Waals surface area contributed by atoms with Crippen LogP contribution in [0.3, 0.4) is 0 Å². The maximum Gasteiger partial charge on any atom is 0.393 e. The second kappa shape index (κ2) is 8.20. The van der Waals surface area contributed by atoms with E-state index in [-0.39, 0.29) is 0 Å². The van der Waals surface area contributed by atoms with E-state index in [1.807, 2.05) is 12.5 Å². The van der Waals surface area contributed by atoms with E-state index >= 15 is 0 Å². The number of aromatic nitrogens is 2. The van der Waals surface area contributed by atoms with Crippen molar-refractivity contribution >= 4 is 10.1 Å². The molecule has 0 fully saturated rings. The standard InChI is InChI=1S/C8H14N2.C2H2F4O3S/c1-2-3-4-6-10-7-5-9-8-10;3-1(4)2(5,6)10(7,8)9/h5,7-8H,2-4,6H2,1H3;1H,(H,7,8,9). The van der Waals surface area contributed by atoms with Gasteiger partial charge in [0.25, 0.3) is 0 Å². The maximum absolute atomic E-state index is 11.4. The lowest BCUT2D eigenvalue weighted by Crippen LogP contribution is -2.36. The molecule has 1 aromatic heterocycles. The molecule has 0 saturated heterocycles. The fourth-order valence-corrected chi connectivity index (χ4v) is 1.33. The number of alkyl halides is 4. The summed E-state index contributed by atoms with van der Waals surface area (Å²) in [6.07, 6.45) is 5.45. The molecule has 10 heteroatoms. The molecular weight excluding hydrogens is 304 g/mol. The maximum atomic E-state index is 11.4. The van der Waals surface area contributed by atoms with Gasteiger partial charge >= 0.3 is 11.7 Å². The number of unbranched alkanes of at least 4 members (excludes halogenated alkanes) is 2. The Hall–Kier alpha value is -1.16. The third-order valence-electron chi connectivity index (χ3n) is 2.21. The lowest BCUT2D eigenvalue weighted by molar-refractivity contribution is -0.696. The quantitative estimate of drug-likeness (QED) is 0.376. The van der Waals surface area contributed by atoms with Gasteiger partial charge in [0, 0.05) is 0 Å². The van der Waals surface area contributed by atoms with Crippen LogP contribution in [0.2, 0.25) is 0 Å². The van der Waals surface area contributed by atoms with E-state index in [1.165, 1.54) is 19.3 Å². The van der Waals surface area contributed by atoms with Crippen LogP contribution in [0.1, 0.15) is 26.2 Å². The summed E-state index contributed by atoms with van der Waals surface area (Å²) in [5.74, 6) is 0. The summed E-state index contributed by atoms with van der Waals surface area (Å²) in [7, 11) is -6.23. The normalized spacial score (nSPS) is 12.2. The Morgan fingerprint density at radius 1 is 1.35 bits per heavy atom. The van der Waals surface area contributed by atoms with Gasteiger partial charge in [0.05, 0.1) is 6.54 Å². The zero-order chi connectivity index (χ0) is 15.8. The van der Waals surface area contributed by atoms with E-state index in [2.05, 4.69) is 22.7 Å². The SMILES string of the molecule is CCCCC[n+]1cc[nH]c1.O=S(=O)([O-])C(F)(F)C(F)F. The highest BCUT2D eigenvalue weighted by molar-refractivity contribution is 7.86. The highest BCUT2D eigenvalue weighted by atomic mass is 32.2. The minimum absolute atomic E-state index is 1.15. The van der Waals surface area contributed by atoms with Crippen molar-refractivity contribution < 1.29 is 35.1 Å². The largest absolute Gasteiger partial charge is 0.743 e. The van der Waals surface area contributed by atoms with Crippen LogP contribution in [-0.2, 0) is 16.7 Å². The number of imidazole rings is 1. The molecule has 0 unspecified atom stereocenters. The van der Waals surface area contributed by atoms with Gasteiger partial charge in [-0.2, -0.15) is 8.78 Å². The van der Waals surface area contributed by atoms with Gasteiger partial charge in [-0.15, -0.1) is 0 Å². The number of rotatable bonds is 6. The number of H-pyrrole nitrogens is 1. The molecule has 5 nitrogen and oxygen atoms in total. The summed E-state index contributed by atoms with van der Waals surface area (Å²) < 4.78 is 74.9. The van der Waals surface area contributed by atoms with Gasteiger partial charge in [-0.05, 0) is 12.8 Å². The topological polar surface area (TPSA) is 76.9 Å². The Kier molecular flexibility index (Phi) is 7.72. The van der Waals surface area contributed by atoms with Gasteiger partial charge < -0.3 is 4.55 Å². The Morgan fingerprint density at radius 3 is 2.25 bits per heavy atom. The molecule has 118 valence electrons. The lowest BCUT2D eigenvalue weighted by atomic mass is 10.2. The minimum atomic E-state index is -6.23. The van der Waals surface area contributed by atoms with Crippen molar-refractivity contribution in [3.05, 3.63) is 18.7 Å². The predicted molar refractivity (Wildman–Crippen MR) is 61.2 cm³/mol. The van der Waals surface area contributed by atoms with Gasteiger partial charge in [-0.3, -0.25) is 4.98 Å². The number of hydrogen-bond donors (Lipinski definition) is 1. The van der Waals surface area contributed by atoms with Crippen LogP contribution in [0.15, 0.2) is 18.7 Å². The highest BCUT2D eigenvalue weighted by Gasteiger charge is 2.48. The molecule has 0 bridgehead atoms. The molecule has 0 spiro atoms. The summed E-state index contributed by atoms with van der Waals surface area (Å²) in [4.78, 5) is 3.02. The first kappa shape index (κ1) is 18.8. The van der Waals surface area contributed by atoms with E-state index < -0.39 is 21.8 Å². The van der Waals surface area contributed by atoms with Crippen LogP contribution < -0.4 is 4.57 Å². The first-order valence-corrected chi connectivity index (χ1v) is 7.17. The Bertz CT molecular complexity index is 463. The predicted octanol–water partition coefficient (Wildman–Crippen LogP) is 1.88. The van der Waals surface area contributed by atoms with Crippen LogP contribution >= 0.6 is 0 Å². The second-order valence-electron chi connectivity index (χ2n) is 3.87. The van der Waals surface area contributed by atoms with Crippen molar-refractivity contribution in [2.75, 3.05) is 0 Å². The molecule has 1 N–H and O–H groups in total. The molecule has 0 aliphatic rings. The zero-order valence-electron chi connectivity index (χ0n) is 10.7. The van der Waals surface area contributed by atoms with Crippen molar-refractivity contribution in [2.24, 2.45) is 0 Å². The van der Waals surface area contributed by atoms with Crippen LogP contribution in [0.5, 0.6) is 0 Å². The van der Waals surface area contributed by atoms with Crippen LogP contribution in [0, 0.1) is 0 Å². The molecule has 0 aromatic carbocycles. The minimum Gasteiger partial charge on any atom is -0.743 e. The zero-order valence-corrected chi connectivity index (χ0v) is 11.5. The fraction of sp³-hybridized carbons (Fsp3) is 0.700. The summed E-state index contributed by atoms with van der Waals surface area (Å²) >= 11 is 0. The van der Waals surface area contributed by atoms with Crippen molar-refractivity contribution in [2.45, 2.75) is 44.4 Å². The smallest absolute Gasteiger partial charge is 0.393 e. The molecule has 0 aliphatic carbocycles. The van der Waals surface area contributed by atoms with Crippen LogP contribution in [-0.4, -0.2) is 29.6 Å². The highest BCUT2D eigenvalue weighted by Crippen LogP contribution is 2.27. The summed E-state index contributed by atoms with van der Waals surface area (Å²) in [5.41, 5.74) is 0. The Labute approximate surface area is 114 Å². The molecule has 1 rings (SSSR count). The molecule has 1 heterocycles. The molecule has 1 aromatic rings. The molecule has 20 heavy (non-hydrogen) atoms. The van der Waals surface area contributed by atoms with E-state index in [0.717, 1.165) is 6.54 Å². The van der Waals surface area contributed by atoms with E-state index in [0.29, 0.717) is 0 Å². The molecule has 0 atom stereocenters. The average Bonchev–Trinajstić information content (AvgIpc) is 2.81. The first-order valence-electron chi connectivity index (χ1n) is 5.76. The summed E-state index contributed by atoms with van der Waals surface area (Å²) in [5, 5.41) is -5.48. The van der Waals surface area contributed by atoms with Gasteiger partial charge in [-0.25, -0.2) is 21.8 Å². The lowest BCUT2D eigenvalue weighted by Gasteiger charge is -2.17.